The van der Waals surface area contributed by atoms with Gasteiger partial charge in [-0.05, 0) is 35.4 Å². The molecule has 5 nitrogen and oxygen atoms in total. The second-order valence-electron chi connectivity index (χ2n) is 5.48. The highest BCUT2D eigenvalue weighted by Gasteiger charge is 2.13. The maximum Gasteiger partial charge on any atom is 0.272 e. The summed E-state index contributed by atoms with van der Waals surface area (Å²) < 4.78 is 1.15. The fourth-order valence-electron chi connectivity index (χ4n) is 2.45. The minimum atomic E-state index is -0.304. The highest BCUT2D eigenvalue weighted by molar-refractivity contribution is 5.92. The molecule has 1 atom stereocenters. The van der Waals surface area contributed by atoms with Crippen molar-refractivity contribution < 1.29 is 4.79 Å². The van der Waals surface area contributed by atoms with Gasteiger partial charge in [-0.1, -0.05) is 36.4 Å². The standard InChI is InChI=1S/C18H17N3O2/c1-12(14-8-7-13-5-3-4-6-15(13)11-14)19-18(23)16-9-10-17(22)21(2)20-16/h3-12H,1-2H3,(H,19,23)/t12-/m1/s1. The van der Waals surface area contributed by atoms with E-state index in [1.807, 2.05) is 37.3 Å². The van der Waals surface area contributed by atoms with Crippen molar-refractivity contribution in [3.8, 4) is 0 Å². The zero-order valence-electron chi connectivity index (χ0n) is 13.0. The first-order chi connectivity index (χ1) is 11.0. The second kappa shape index (κ2) is 6.04. The monoisotopic (exact) mass is 307 g/mol. The summed E-state index contributed by atoms with van der Waals surface area (Å²) in [6, 6.07) is 16.8. The third-order valence-corrected chi connectivity index (χ3v) is 3.81. The van der Waals surface area contributed by atoms with E-state index in [2.05, 4.69) is 22.5 Å². The molecule has 3 aromatic rings. The van der Waals surface area contributed by atoms with Crippen molar-refractivity contribution >= 4 is 16.7 Å². The average molecular weight is 307 g/mol. The molecule has 0 saturated heterocycles. The summed E-state index contributed by atoms with van der Waals surface area (Å²) in [7, 11) is 1.52. The minimum absolute atomic E-state index is 0.161. The lowest BCUT2D eigenvalue weighted by Crippen LogP contribution is -2.30. The molecule has 3 rings (SSSR count). The summed E-state index contributed by atoms with van der Waals surface area (Å²) in [6.45, 7) is 1.92. The number of carbonyl (C=O) groups is 1. The van der Waals surface area contributed by atoms with E-state index in [1.165, 1.54) is 19.2 Å². The Labute approximate surface area is 133 Å². The summed E-state index contributed by atoms with van der Waals surface area (Å²) in [5, 5.41) is 9.16. The molecule has 0 fully saturated rings. The van der Waals surface area contributed by atoms with Gasteiger partial charge in [-0.2, -0.15) is 5.10 Å². The predicted octanol–water partition coefficient (Wildman–Crippen LogP) is 2.42. The Morgan fingerprint density at radius 2 is 1.83 bits per heavy atom. The zero-order valence-corrected chi connectivity index (χ0v) is 13.0. The van der Waals surface area contributed by atoms with E-state index >= 15 is 0 Å². The van der Waals surface area contributed by atoms with Crippen LogP contribution in [0, 0.1) is 0 Å². The first kappa shape index (κ1) is 15.0. The van der Waals surface area contributed by atoms with Crippen molar-refractivity contribution in [2.24, 2.45) is 7.05 Å². The summed E-state index contributed by atoms with van der Waals surface area (Å²) in [6.07, 6.45) is 0. The summed E-state index contributed by atoms with van der Waals surface area (Å²) in [4.78, 5) is 23.6. The average Bonchev–Trinajstić information content (AvgIpc) is 2.56. The number of benzene rings is 2. The van der Waals surface area contributed by atoms with Crippen LogP contribution in [0.2, 0.25) is 0 Å². The number of fused-ring (bicyclic) bond motifs is 1. The van der Waals surface area contributed by atoms with E-state index in [-0.39, 0.29) is 23.2 Å². The lowest BCUT2D eigenvalue weighted by molar-refractivity contribution is 0.0932. The maximum absolute atomic E-state index is 12.3. The number of hydrogen-bond acceptors (Lipinski definition) is 3. The molecule has 1 heterocycles. The van der Waals surface area contributed by atoms with Crippen molar-refractivity contribution in [1.82, 2.24) is 15.1 Å². The Balaban J connectivity index is 1.81. The number of nitrogens with zero attached hydrogens (tertiary/aromatic N) is 2. The molecule has 0 bridgehead atoms. The third kappa shape index (κ3) is 3.13. The quantitative estimate of drug-likeness (QED) is 0.808. The van der Waals surface area contributed by atoms with Crippen LogP contribution in [0.4, 0.5) is 0 Å². The normalized spacial score (nSPS) is 12.1. The molecule has 0 spiro atoms. The van der Waals surface area contributed by atoms with E-state index in [4.69, 9.17) is 0 Å². The fourth-order valence-corrected chi connectivity index (χ4v) is 2.45. The number of nitrogens with one attached hydrogen (secondary N) is 1. The van der Waals surface area contributed by atoms with Gasteiger partial charge in [0.25, 0.3) is 11.5 Å². The van der Waals surface area contributed by atoms with E-state index in [0.717, 1.165) is 21.0 Å². The molecule has 1 N–H and O–H groups in total. The Bertz CT molecular complexity index is 931. The summed E-state index contributed by atoms with van der Waals surface area (Å²) >= 11 is 0. The molecule has 0 aliphatic rings. The zero-order chi connectivity index (χ0) is 16.4. The van der Waals surface area contributed by atoms with Crippen molar-refractivity contribution in [3.63, 3.8) is 0 Å². The van der Waals surface area contributed by atoms with Crippen LogP contribution in [0.15, 0.2) is 59.4 Å². The number of hydrogen-bond donors (Lipinski definition) is 1. The lowest BCUT2D eigenvalue weighted by Gasteiger charge is -2.15. The van der Waals surface area contributed by atoms with E-state index in [9.17, 15) is 9.59 Å². The van der Waals surface area contributed by atoms with Crippen molar-refractivity contribution in [1.29, 1.82) is 0 Å². The van der Waals surface area contributed by atoms with Crippen molar-refractivity contribution in [3.05, 3.63) is 76.2 Å². The number of aryl methyl sites for hydroxylation is 1. The number of carbonyl (C=O) groups excluding carboxylic acids is 1. The van der Waals surface area contributed by atoms with Crippen molar-refractivity contribution in [2.45, 2.75) is 13.0 Å². The molecule has 1 amide bonds. The maximum atomic E-state index is 12.3. The van der Waals surface area contributed by atoms with Gasteiger partial charge in [0.1, 0.15) is 5.69 Å². The highest BCUT2D eigenvalue weighted by Crippen LogP contribution is 2.20. The number of rotatable bonds is 3. The molecule has 2 aromatic carbocycles. The Morgan fingerprint density at radius 1 is 1.09 bits per heavy atom. The van der Waals surface area contributed by atoms with Gasteiger partial charge >= 0.3 is 0 Å². The lowest BCUT2D eigenvalue weighted by atomic mass is 10.0. The Hall–Kier alpha value is -2.95. The van der Waals surface area contributed by atoms with Gasteiger partial charge in [-0.3, -0.25) is 9.59 Å². The van der Waals surface area contributed by atoms with Crippen LogP contribution in [-0.2, 0) is 7.05 Å². The van der Waals surface area contributed by atoms with E-state index < -0.39 is 0 Å². The molecule has 0 aliphatic heterocycles. The van der Waals surface area contributed by atoms with Gasteiger partial charge < -0.3 is 5.32 Å². The van der Waals surface area contributed by atoms with Crippen LogP contribution in [0.5, 0.6) is 0 Å². The summed E-state index contributed by atoms with van der Waals surface area (Å²) in [5.74, 6) is -0.304. The molecule has 116 valence electrons. The Morgan fingerprint density at radius 3 is 2.57 bits per heavy atom. The minimum Gasteiger partial charge on any atom is -0.344 e. The van der Waals surface area contributed by atoms with Gasteiger partial charge in [0.15, 0.2) is 0 Å². The molecule has 0 unspecified atom stereocenters. The number of amides is 1. The third-order valence-electron chi connectivity index (χ3n) is 3.81. The first-order valence-corrected chi connectivity index (χ1v) is 7.38. The fraction of sp³-hybridized carbons (Fsp3) is 0.167. The molecule has 1 aromatic heterocycles. The SMILES string of the molecule is C[C@@H](NC(=O)c1ccc(=O)n(C)n1)c1ccc2ccccc2c1. The van der Waals surface area contributed by atoms with Gasteiger partial charge in [0.05, 0.1) is 6.04 Å². The molecular formula is C18H17N3O2. The second-order valence-corrected chi connectivity index (χ2v) is 5.48. The van der Waals surface area contributed by atoms with Gasteiger partial charge in [-0.25, -0.2) is 4.68 Å². The topological polar surface area (TPSA) is 64.0 Å². The Kier molecular flexibility index (Phi) is 3.93. The molecule has 0 radical (unpaired) electrons. The largest absolute Gasteiger partial charge is 0.344 e. The number of aromatic nitrogens is 2. The van der Waals surface area contributed by atoms with Gasteiger partial charge in [-0.15, -0.1) is 0 Å². The van der Waals surface area contributed by atoms with Crippen LogP contribution in [0.25, 0.3) is 10.8 Å². The van der Waals surface area contributed by atoms with Crippen LogP contribution in [-0.4, -0.2) is 15.7 Å². The van der Waals surface area contributed by atoms with E-state index in [0.29, 0.717) is 0 Å². The predicted molar refractivity (Wildman–Crippen MR) is 89.3 cm³/mol. The molecule has 5 heteroatoms. The highest BCUT2D eigenvalue weighted by atomic mass is 16.2. The van der Waals surface area contributed by atoms with Crippen LogP contribution in [0.1, 0.15) is 29.0 Å². The van der Waals surface area contributed by atoms with E-state index in [1.54, 1.807) is 0 Å². The molecule has 0 saturated carbocycles. The van der Waals surface area contributed by atoms with Gasteiger partial charge in [0, 0.05) is 13.1 Å². The summed E-state index contributed by atoms with van der Waals surface area (Å²) in [5.41, 5.74) is 0.991. The van der Waals surface area contributed by atoms with Crippen molar-refractivity contribution in [2.75, 3.05) is 0 Å². The molecule has 0 aliphatic carbocycles. The first-order valence-electron chi connectivity index (χ1n) is 7.38. The molecular weight excluding hydrogens is 290 g/mol. The molecule has 23 heavy (non-hydrogen) atoms. The van der Waals surface area contributed by atoms with Crippen LogP contribution >= 0.6 is 0 Å². The van der Waals surface area contributed by atoms with Gasteiger partial charge in [0.2, 0.25) is 0 Å². The van der Waals surface area contributed by atoms with Crippen LogP contribution in [0.3, 0.4) is 0 Å². The van der Waals surface area contributed by atoms with Crippen LogP contribution < -0.4 is 10.9 Å². The smallest absolute Gasteiger partial charge is 0.272 e.